The molecule has 0 saturated heterocycles. The first-order valence-corrected chi connectivity index (χ1v) is 8.18. The predicted molar refractivity (Wildman–Crippen MR) is 91.5 cm³/mol. The van der Waals surface area contributed by atoms with Crippen LogP contribution in [0.1, 0.15) is 30.8 Å². The average molecular weight is 334 g/mol. The molecule has 2 aromatic heterocycles. The van der Waals surface area contributed by atoms with Crippen LogP contribution in [-0.4, -0.2) is 40.4 Å². The van der Waals surface area contributed by atoms with Gasteiger partial charge in [-0.25, -0.2) is 4.99 Å². The molecule has 2 rings (SSSR count). The van der Waals surface area contributed by atoms with Crippen LogP contribution in [0.5, 0.6) is 0 Å². The van der Waals surface area contributed by atoms with Gasteiger partial charge in [0.15, 0.2) is 11.8 Å². The van der Waals surface area contributed by atoms with Crippen molar-refractivity contribution in [3.63, 3.8) is 0 Å². The number of nitrogens with zero attached hydrogens (tertiary/aromatic N) is 4. The molecule has 0 aliphatic carbocycles. The fourth-order valence-corrected chi connectivity index (χ4v) is 2.03. The minimum absolute atomic E-state index is 0.488. The molecule has 0 aromatic carbocycles. The van der Waals surface area contributed by atoms with Crippen molar-refractivity contribution in [3.05, 3.63) is 35.8 Å². The van der Waals surface area contributed by atoms with Crippen molar-refractivity contribution in [2.75, 3.05) is 19.7 Å². The summed E-state index contributed by atoms with van der Waals surface area (Å²) in [5.41, 5.74) is 0. The zero-order chi connectivity index (χ0) is 17.2. The van der Waals surface area contributed by atoms with Crippen LogP contribution >= 0.6 is 0 Å². The van der Waals surface area contributed by atoms with Gasteiger partial charge in [0, 0.05) is 26.7 Å². The molecule has 2 N–H and O–H groups in total. The summed E-state index contributed by atoms with van der Waals surface area (Å²) in [7, 11) is 1.94. The summed E-state index contributed by atoms with van der Waals surface area (Å²) in [6.07, 6.45) is 2.53. The number of aromatic nitrogens is 3. The normalized spacial score (nSPS) is 11.7. The first-order valence-electron chi connectivity index (χ1n) is 8.18. The predicted octanol–water partition coefficient (Wildman–Crippen LogP) is 1.38. The molecule has 0 bridgehead atoms. The van der Waals surface area contributed by atoms with Crippen LogP contribution in [0.3, 0.4) is 0 Å². The standard InChI is InChI=1S/C16H26N6O2/c1-4-17-16(19-11-15-21-20-13(2)22(15)3)18-8-6-9-23-12-14-7-5-10-24-14/h5,7,10H,4,6,8-9,11-12H2,1-3H3,(H2,17,18,19). The fourth-order valence-electron chi connectivity index (χ4n) is 2.03. The number of guanidine groups is 1. The van der Waals surface area contributed by atoms with E-state index in [-0.39, 0.29) is 0 Å². The Kier molecular flexibility index (Phi) is 7.28. The molecule has 0 fully saturated rings. The molecular formula is C16H26N6O2. The van der Waals surface area contributed by atoms with E-state index in [1.54, 1.807) is 6.26 Å². The molecule has 8 nitrogen and oxygen atoms in total. The number of hydrogen-bond donors (Lipinski definition) is 2. The first-order chi connectivity index (χ1) is 11.7. The third-order valence-electron chi connectivity index (χ3n) is 3.49. The number of aliphatic imine (C=N–C) groups is 1. The maximum Gasteiger partial charge on any atom is 0.191 e. The smallest absolute Gasteiger partial charge is 0.191 e. The molecule has 132 valence electrons. The van der Waals surface area contributed by atoms with E-state index >= 15 is 0 Å². The van der Waals surface area contributed by atoms with Gasteiger partial charge in [0.2, 0.25) is 0 Å². The molecule has 24 heavy (non-hydrogen) atoms. The lowest BCUT2D eigenvalue weighted by Gasteiger charge is -2.11. The van der Waals surface area contributed by atoms with E-state index in [2.05, 4.69) is 25.8 Å². The molecule has 2 aromatic rings. The summed E-state index contributed by atoms with van der Waals surface area (Å²) < 4.78 is 12.7. The lowest BCUT2D eigenvalue weighted by atomic mass is 10.4. The van der Waals surface area contributed by atoms with Crippen molar-refractivity contribution in [1.29, 1.82) is 0 Å². The largest absolute Gasteiger partial charge is 0.467 e. The SMILES string of the molecule is CCNC(=NCc1nnc(C)n1C)NCCCOCc1ccco1. The van der Waals surface area contributed by atoms with Crippen LogP contribution in [0.2, 0.25) is 0 Å². The van der Waals surface area contributed by atoms with Gasteiger partial charge in [0.05, 0.1) is 6.26 Å². The van der Waals surface area contributed by atoms with Gasteiger partial charge in [0.1, 0.15) is 24.7 Å². The molecular weight excluding hydrogens is 308 g/mol. The summed E-state index contributed by atoms with van der Waals surface area (Å²) in [4.78, 5) is 4.53. The van der Waals surface area contributed by atoms with Crippen LogP contribution in [0.15, 0.2) is 27.8 Å². The van der Waals surface area contributed by atoms with Gasteiger partial charge in [-0.1, -0.05) is 0 Å². The van der Waals surface area contributed by atoms with Crippen LogP contribution < -0.4 is 10.6 Å². The topological polar surface area (TPSA) is 89.5 Å². The maximum atomic E-state index is 5.55. The van der Waals surface area contributed by atoms with Gasteiger partial charge in [-0.2, -0.15) is 0 Å². The highest BCUT2D eigenvalue weighted by Gasteiger charge is 2.04. The number of nitrogens with one attached hydrogen (secondary N) is 2. The van der Waals surface area contributed by atoms with Gasteiger partial charge in [-0.05, 0) is 32.4 Å². The molecule has 0 atom stereocenters. The van der Waals surface area contributed by atoms with Gasteiger partial charge >= 0.3 is 0 Å². The second-order valence-electron chi connectivity index (χ2n) is 5.33. The van der Waals surface area contributed by atoms with E-state index in [0.29, 0.717) is 19.8 Å². The summed E-state index contributed by atoms with van der Waals surface area (Å²) >= 11 is 0. The minimum Gasteiger partial charge on any atom is -0.467 e. The third kappa shape index (κ3) is 5.69. The van der Waals surface area contributed by atoms with Gasteiger partial charge < -0.3 is 24.4 Å². The molecule has 0 spiro atoms. The van der Waals surface area contributed by atoms with Crippen molar-refractivity contribution in [1.82, 2.24) is 25.4 Å². The first kappa shape index (κ1) is 18.0. The quantitative estimate of drug-likeness (QED) is 0.409. The zero-order valence-electron chi connectivity index (χ0n) is 14.6. The van der Waals surface area contributed by atoms with E-state index in [4.69, 9.17) is 9.15 Å². The van der Waals surface area contributed by atoms with Crippen LogP contribution in [0.4, 0.5) is 0 Å². The lowest BCUT2D eigenvalue weighted by Crippen LogP contribution is -2.38. The van der Waals surface area contributed by atoms with E-state index in [9.17, 15) is 0 Å². The molecule has 2 heterocycles. The van der Waals surface area contributed by atoms with Crippen molar-refractivity contribution in [3.8, 4) is 0 Å². The Balaban J connectivity index is 1.68. The molecule has 0 amide bonds. The number of rotatable bonds is 9. The Labute approximate surface area is 142 Å². The van der Waals surface area contributed by atoms with Crippen LogP contribution in [0, 0.1) is 6.92 Å². The Morgan fingerprint density at radius 3 is 2.92 bits per heavy atom. The fraction of sp³-hybridized carbons (Fsp3) is 0.562. The Morgan fingerprint density at radius 1 is 1.38 bits per heavy atom. The highest BCUT2D eigenvalue weighted by atomic mass is 16.5. The van der Waals surface area contributed by atoms with E-state index in [1.807, 2.05) is 37.6 Å². The highest BCUT2D eigenvalue weighted by molar-refractivity contribution is 5.79. The Bertz CT molecular complexity index is 621. The monoisotopic (exact) mass is 334 g/mol. The molecule has 0 radical (unpaired) electrons. The van der Waals surface area contributed by atoms with Crippen molar-refractivity contribution < 1.29 is 9.15 Å². The molecule has 0 aliphatic rings. The Morgan fingerprint density at radius 2 is 2.25 bits per heavy atom. The summed E-state index contributed by atoms with van der Waals surface area (Å²) in [5.74, 6) is 3.33. The Hall–Kier alpha value is -2.35. The van der Waals surface area contributed by atoms with Gasteiger partial charge in [-0.3, -0.25) is 0 Å². The van der Waals surface area contributed by atoms with E-state index in [0.717, 1.165) is 42.9 Å². The van der Waals surface area contributed by atoms with E-state index in [1.165, 1.54) is 0 Å². The van der Waals surface area contributed by atoms with Crippen molar-refractivity contribution in [2.45, 2.75) is 33.4 Å². The third-order valence-corrected chi connectivity index (χ3v) is 3.49. The zero-order valence-corrected chi connectivity index (χ0v) is 14.6. The second-order valence-corrected chi connectivity index (χ2v) is 5.33. The summed E-state index contributed by atoms with van der Waals surface area (Å²) in [5, 5.41) is 14.7. The maximum absolute atomic E-state index is 5.55. The van der Waals surface area contributed by atoms with Crippen molar-refractivity contribution in [2.24, 2.45) is 12.0 Å². The van der Waals surface area contributed by atoms with E-state index < -0.39 is 0 Å². The average Bonchev–Trinajstić information content (AvgIpc) is 3.20. The molecule has 0 aliphatic heterocycles. The molecule has 8 heteroatoms. The van der Waals surface area contributed by atoms with Crippen molar-refractivity contribution >= 4 is 5.96 Å². The van der Waals surface area contributed by atoms with Crippen LogP contribution in [0.25, 0.3) is 0 Å². The lowest BCUT2D eigenvalue weighted by molar-refractivity contribution is 0.105. The number of furan rings is 1. The second kappa shape index (κ2) is 9.71. The minimum atomic E-state index is 0.488. The highest BCUT2D eigenvalue weighted by Crippen LogP contribution is 2.02. The molecule has 0 unspecified atom stereocenters. The van der Waals surface area contributed by atoms with Gasteiger partial charge in [0.25, 0.3) is 0 Å². The number of ether oxygens (including phenoxy) is 1. The number of hydrogen-bond acceptors (Lipinski definition) is 5. The number of aryl methyl sites for hydroxylation is 1. The van der Waals surface area contributed by atoms with Crippen LogP contribution in [-0.2, 0) is 24.9 Å². The molecule has 0 saturated carbocycles. The van der Waals surface area contributed by atoms with Gasteiger partial charge in [-0.15, -0.1) is 10.2 Å². The summed E-state index contributed by atoms with van der Waals surface area (Å²) in [6, 6.07) is 3.76. The summed E-state index contributed by atoms with van der Waals surface area (Å²) in [6.45, 7) is 7.20.